The van der Waals surface area contributed by atoms with Gasteiger partial charge in [-0.3, -0.25) is 10.2 Å². The van der Waals surface area contributed by atoms with Crippen LogP contribution in [0.25, 0.3) is 0 Å². The van der Waals surface area contributed by atoms with Gasteiger partial charge >= 0.3 is 0 Å². The van der Waals surface area contributed by atoms with Gasteiger partial charge in [0.15, 0.2) is 0 Å². The summed E-state index contributed by atoms with van der Waals surface area (Å²) in [4.78, 5) is 10.7. The highest BCUT2D eigenvalue weighted by Crippen LogP contribution is 2.19. The van der Waals surface area contributed by atoms with Crippen molar-refractivity contribution in [3.8, 4) is 0 Å². The molecule has 10 heavy (non-hydrogen) atoms. The smallest absolute Gasteiger partial charge is 0.234 e. The van der Waals surface area contributed by atoms with E-state index in [-0.39, 0.29) is 5.91 Å². The first-order chi connectivity index (χ1) is 4.83. The number of nitrogens with one attached hydrogen (secondary N) is 1. The Balaban J connectivity index is 2.24. The van der Waals surface area contributed by atoms with Gasteiger partial charge in [0.05, 0.1) is 0 Å². The molecule has 3 nitrogen and oxygen atoms in total. The van der Waals surface area contributed by atoms with E-state index in [1.165, 1.54) is 0 Å². The van der Waals surface area contributed by atoms with Crippen molar-refractivity contribution in [1.29, 1.82) is 0 Å². The summed E-state index contributed by atoms with van der Waals surface area (Å²) in [7, 11) is 0. The monoisotopic (exact) mass is 140 g/mol. The summed E-state index contributed by atoms with van der Waals surface area (Å²) in [5, 5.41) is 0. The number of hydrogen-bond donors (Lipinski definition) is 2. The van der Waals surface area contributed by atoms with Crippen LogP contribution in [0.2, 0.25) is 0 Å². The zero-order valence-electron chi connectivity index (χ0n) is 5.84. The average Bonchev–Trinajstić information content (AvgIpc) is 2.40. The molecule has 0 fully saturated rings. The van der Waals surface area contributed by atoms with Crippen LogP contribution >= 0.6 is 0 Å². The minimum absolute atomic E-state index is 0.0726. The first-order valence-corrected chi connectivity index (χ1v) is 3.49. The van der Waals surface area contributed by atoms with Crippen LogP contribution < -0.4 is 11.3 Å². The summed E-state index contributed by atoms with van der Waals surface area (Å²) in [6, 6.07) is 0. The van der Waals surface area contributed by atoms with Crippen molar-refractivity contribution in [3.05, 3.63) is 12.2 Å². The van der Waals surface area contributed by atoms with Gasteiger partial charge in [-0.15, -0.1) is 0 Å². The van der Waals surface area contributed by atoms with Crippen LogP contribution in [-0.2, 0) is 4.79 Å². The predicted molar refractivity (Wildman–Crippen MR) is 38.8 cm³/mol. The van der Waals surface area contributed by atoms with Crippen molar-refractivity contribution >= 4 is 5.91 Å². The van der Waals surface area contributed by atoms with Crippen LogP contribution in [-0.4, -0.2) is 5.91 Å². The largest absolute Gasteiger partial charge is 0.294 e. The van der Waals surface area contributed by atoms with Gasteiger partial charge < -0.3 is 0 Å². The van der Waals surface area contributed by atoms with E-state index in [0.29, 0.717) is 12.3 Å². The van der Waals surface area contributed by atoms with Gasteiger partial charge in [-0.05, 0) is 18.8 Å². The third kappa shape index (κ3) is 1.84. The fraction of sp³-hybridized carbons (Fsp3) is 0.571. The molecular formula is C7H12N2O. The van der Waals surface area contributed by atoms with Crippen molar-refractivity contribution in [1.82, 2.24) is 5.43 Å². The van der Waals surface area contributed by atoms with E-state index in [9.17, 15) is 4.79 Å². The molecule has 1 aliphatic rings. The Bertz CT molecular complexity index is 154. The van der Waals surface area contributed by atoms with Gasteiger partial charge in [0.1, 0.15) is 0 Å². The molecule has 0 aliphatic heterocycles. The number of nitrogens with two attached hydrogens (primary N) is 1. The molecule has 0 spiro atoms. The van der Waals surface area contributed by atoms with Gasteiger partial charge in [0, 0.05) is 6.42 Å². The van der Waals surface area contributed by atoms with E-state index in [1.807, 2.05) is 0 Å². The van der Waals surface area contributed by atoms with Gasteiger partial charge in [0.25, 0.3) is 0 Å². The van der Waals surface area contributed by atoms with E-state index in [0.717, 1.165) is 12.8 Å². The molecule has 3 heteroatoms. The Morgan fingerprint density at radius 3 is 3.10 bits per heavy atom. The third-order valence-corrected chi connectivity index (χ3v) is 1.72. The van der Waals surface area contributed by atoms with Crippen molar-refractivity contribution in [2.24, 2.45) is 11.8 Å². The summed E-state index contributed by atoms with van der Waals surface area (Å²) < 4.78 is 0. The van der Waals surface area contributed by atoms with Crippen LogP contribution in [0.15, 0.2) is 12.2 Å². The van der Waals surface area contributed by atoms with E-state index < -0.39 is 0 Å². The summed E-state index contributed by atoms with van der Waals surface area (Å²) in [5.74, 6) is 5.27. The summed E-state index contributed by atoms with van der Waals surface area (Å²) >= 11 is 0. The molecule has 0 heterocycles. The zero-order chi connectivity index (χ0) is 7.40. The van der Waals surface area contributed by atoms with Crippen LogP contribution in [0.1, 0.15) is 19.3 Å². The molecule has 0 radical (unpaired) electrons. The standard InChI is InChI=1S/C7H12N2O/c8-9-7(10)5-6-3-1-2-4-6/h1,3,6H,2,4-5,8H2,(H,9,10). The number of hydrogen-bond acceptors (Lipinski definition) is 2. The molecular weight excluding hydrogens is 128 g/mol. The van der Waals surface area contributed by atoms with Crippen LogP contribution in [0, 0.1) is 5.92 Å². The Morgan fingerprint density at radius 1 is 1.80 bits per heavy atom. The van der Waals surface area contributed by atoms with Crippen molar-refractivity contribution in [2.75, 3.05) is 0 Å². The maximum Gasteiger partial charge on any atom is 0.234 e. The normalized spacial score (nSPS) is 23.1. The summed E-state index contributed by atoms with van der Waals surface area (Å²) in [6.45, 7) is 0. The Kier molecular flexibility index (Phi) is 2.45. The fourth-order valence-corrected chi connectivity index (χ4v) is 1.16. The molecule has 0 bridgehead atoms. The van der Waals surface area contributed by atoms with Crippen LogP contribution in [0.3, 0.4) is 0 Å². The molecule has 56 valence electrons. The summed E-state index contributed by atoms with van der Waals surface area (Å²) in [6.07, 6.45) is 6.91. The first kappa shape index (κ1) is 7.28. The maximum absolute atomic E-state index is 10.7. The highest BCUT2D eigenvalue weighted by Gasteiger charge is 2.12. The predicted octanol–water partition coefficient (Wildman–Crippen LogP) is 0.333. The molecule has 1 atom stereocenters. The van der Waals surface area contributed by atoms with Gasteiger partial charge in [-0.2, -0.15) is 0 Å². The number of amides is 1. The number of allylic oxidation sites excluding steroid dienone is 2. The van der Waals surface area contributed by atoms with Crippen LogP contribution in [0.5, 0.6) is 0 Å². The molecule has 1 amide bonds. The molecule has 0 saturated carbocycles. The lowest BCUT2D eigenvalue weighted by molar-refractivity contribution is -0.121. The number of hydrazine groups is 1. The lowest BCUT2D eigenvalue weighted by atomic mass is 10.1. The average molecular weight is 140 g/mol. The highest BCUT2D eigenvalue weighted by atomic mass is 16.2. The molecule has 0 aromatic carbocycles. The van der Waals surface area contributed by atoms with E-state index >= 15 is 0 Å². The second-order valence-corrected chi connectivity index (χ2v) is 2.54. The number of rotatable bonds is 2. The molecule has 0 aromatic heterocycles. The summed E-state index contributed by atoms with van der Waals surface area (Å²) in [5.41, 5.74) is 2.12. The molecule has 1 unspecified atom stereocenters. The maximum atomic E-state index is 10.7. The molecule has 0 aromatic rings. The van der Waals surface area contributed by atoms with E-state index in [1.54, 1.807) is 0 Å². The van der Waals surface area contributed by atoms with Crippen LogP contribution in [0.4, 0.5) is 0 Å². The lowest BCUT2D eigenvalue weighted by Crippen LogP contribution is -2.31. The topological polar surface area (TPSA) is 55.1 Å². The van der Waals surface area contributed by atoms with Gasteiger partial charge in [-0.25, -0.2) is 5.84 Å². The molecule has 1 aliphatic carbocycles. The minimum Gasteiger partial charge on any atom is -0.294 e. The van der Waals surface area contributed by atoms with Crippen molar-refractivity contribution < 1.29 is 4.79 Å². The Morgan fingerprint density at radius 2 is 2.60 bits per heavy atom. The lowest BCUT2D eigenvalue weighted by Gasteiger charge is -2.03. The SMILES string of the molecule is NNC(=O)CC1C=CCC1. The third-order valence-electron chi connectivity index (χ3n) is 1.72. The molecule has 3 N–H and O–H groups in total. The minimum atomic E-state index is -0.0726. The highest BCUT2D eigenvalue weighted by molar-refractivity contribution is 5.75. The first-order valence-electron chi connectivity index (χ1n) is 3.49. The van der Waals surface area contributed by atoms with Gasteiger partial charge in [-0.1, -0.05) is 12.2 Å². The van der Waals surface area contributed by atoms with E-state index in [2.05, 4.69) is 17.6 Å². The number of carbonyl (C=O) groups is 1. The van der Waals surface area contributed by atoms with Gasteiger partial charge in [0.2, 0.25) is 5.91 Å². The Labute approximate surface area is 60.3 Å². The number of carbonyl (C=O) groups excluding carboxylic acids is 1. The molecule has 0 saturated heterocycles. The second-order valence-electron chi connectivity index (χ2n) is 2.54. The zero-order valence-corrected chi connectivity index (χ0v) is 5.84. The second kappa shape index (κ2) is 3.37. The van der Waals surface area contributed by atoms with Crippen molar-refractivity contribution in [2.45, 2.75) is 19.3 Å². The Hall–Kier alpha value is -0.830. The van der Waals surface area contributed by atoms with E-state index in [4.69, 9.17) is 5.84 Å². The molecule has 1 rings (SSSR count). The van der Waals surface area contributed by atoms with Crippen molar-refractivity contribution in [3.63, 3.8) is 0 Å². The fourth-order valence-electron chi connectivity index (χ4n) is 1.16. The quantitative estimate of drug-likeness (QED) is 0.251.